The average molecular weight is 210 g/mol. The minimum absolute atomic E-state index is 0.0508. The lowest BCUT2D eigenvalue weighted by Crippen LogP contribution is -2.16. The first-order valence-electron chi connectivity index (χ1n) is 4.52. The van der Waals surface area contributed by atoms with Crippen LogP contribution in [0.15, 0.2) is 24.3 Å². The van der Waals surface area contributed by atoms with Crippen LogP contribution in [-0.4, -0.2) is 23.0 Å². The van der Waals surface area contributed by atoms with Crippen LogP contribution in [0.2, 0.25) is 0 Å². The molecule has 0 aliphatic rings. The number of alkyl halides is 1. The molecule has 1 aromatic rings. The topological polar surface area (TPSA) is 54.4 Å². The van der Waals surface area contributed by atoms with Crippen LogP contribution in [0.4, 0.5) is 4.39 Å². The summed E-state index contributed by atoms with van der Waals surface area (Å²) >= 11 is 0. The lowest BCUT2D eigenvalue weighted by atomic mass is 9.99. The van der Waals surface area contributed by atoms with Gasteiger partial charge in [0.2, 0.25) is 0 Å². The lowest BCUT2D eigenvalue weighted by molar-refractivity contribution is -0.131. The number of carboxylic acid groups (broad SMARTS) is 1. The molecule has 4 heteroatoms. The number of carboxylic acids is 1. The van der Waals surface area contributed by atoms with Gasteiger partial charge in [0.1, 0.15) is 6.17 Å². The van der Waals surface area contributed by atoms with E-state index in [1.54, 1.807) is 18.2 Å². The van der Waals surface area contributed by atoms with Gasteiger partial charge in [0.15, 0.2) is 0 Å². The molecule has 0 saturated heterocycles. The van der Waals surface area contributed by atoms with E-state index in [4.69, 9.17) is 5.11 Å². The number of aliphatic carboxylic acids is 1. The highest BCUT2D eigenvalue weighted by atomic mass is 19.1. The van der Waals surface area contributed by atoms with Crippen LogP contribution in [0.25, 0.3) is 0 Å². The Kier molecular flexibility index (Phi) is 3.55. The molecular weight excluding hydrogens is 199 g/mol. The van der Waals surface area contributed by atoms with E-state index in [0.29, 0.717) is 5.56 Å². The maximum Gasteiger partial charge on any atom is 0.377 e. The Hall–Kier alpha value is -1.71. The predicted molar refractivity (Wildman–Crippen MR) is 52.7 cm³/mol. The molecule has 0 bridgehead atoms. The molecule has 0 saturated carbocycles. The highest BCUT2D eigenvalue weighted by Crippen LogP contribution is 2.13. The monoisotopic (exact) mass is 210 g/mol. The van der Waals surface area contributed by atoms with Crippen molar-refractivity contribution in [3.63, 3.8) is 0 Å². The number of benzene rings is 1. The largest absolute Gasteiger partial charge is 0.475 e. The van der Waals surface area contributed by atoms with Gasteiger partial charge in [0.05, 0.1) is 0 Å². The zero-order chi connectivity index (χ0) is 11.4. The van der Waals surface area contributed by atoms with Crippen molar-refractivity contribution in [2.45, 2.75) is 19.5 Å². The fourth-order valence-corrected chi connectivity index (χ4v) is 1.34. The SMILES string of the molecule is CC(F)Cc1ccccc1C(=O)C(=O)O. The van der Waals surface area contributed by atoms with E-state index in [-0.39, 0.29) is 12.0 Å². The molecule has 0 aliphatic carbocycles. The Labute approximate surface area is 86.5 Å². The minimum atomic E-state index is -1.52. The van der Waals surface area contributed by atoms with Crippen molar-refractivity contribution in [2.24, 2.45) is 0 Å². The molecule has 1 aromatic carbocycles. The molecule has 0 spiro atoms. The van der Waals surface area contributed by atoms with Gasteiger partial charge in [-0.2, -0.15) is 0 Å². The van der Waals surface area contributed by atoms with E-state index < -0.39 is 17.9 Å². The Morgan fingerprint density at radius 3 is 2.53 bits per heavy atom. The summed E-state index contributed by atoms with van der Waals surface area (Å²) in [5.41, 5.74) is 0.495. The predicted octanol–water partition coefficient (Wildman–Crippen LogP) is 1.85. The lowest BCUT2D eigenvalue weighted by Gasteiger charge is -2.06. The molecule has 1 unspecified atom stereocenters. The van der Waals surface area contributed by atoms with Gasteiger partial charge in [-0.25, -0.2) is 9.18 Å². The van der Waals surface area contributed by atoms with Gasteiger partial charge in [0, 0.05) is 12.0 Å². The molecule has 1 N–H and O–H groups in total. The molecule has 0 aliphatic heterocycles. The van der Waals surface area contributed by atoms with Crippen LogP contribution >= 0.6 is 0 Å². The first kappa shape index (κ1) is 11.4. The van der Waals surface area contributed by atoms with Crippen molar-refractivity contribution in [1.82, 2.24) is 0 Å². The Morgan fingerprint density at radius 2 is 2.00 bits per heavy atom. The van der Waals surface area contributed by atoms with E-state index in [2.05, 4.69) is 0 Å². The molecule has 0 radical (unpaired) electrons. The molecule has 0 fully saturated rings. The molecule has 1 atom stereocenters. The fraction of sp³-hybridized carbons (Fsp3) is 0.273. The minimum Gasteiger partial charge on any atom is -0.475 e. The number of hydrogen-bond acceptors (Lipinski definition) is 2. The van der Waals surface area contributed by atoms with Gasteiger partial charge >= 0.3 is 5.97 Å². The zero-order valence-electron chi connectivity index (χ0n) is 8.24. The van der Waals surface area contributed by atoms with Crippen molar-refractivity contribution >= 4 is 11.8 Å². The number of carbonyl (C=O) groups is 2. The van der Waals surface area contributed by atoms with Gasteiger partial charge in [-0.1, -0.05) is 24.3 Å². The van der Waals surface area contributed by atoms with Crippen molar-refractivity contribution in [3.8, 4) is 0 Å². The second-order valence-corrected chi connectivity index (χ2v) is 3.28. The summed E-state index contributed by atoms with van der Waals surface area (Å²) in [6, 6.07) is 6.17. The second kappa shape index (κ2) is 4.68. The fourth-order valence-electron chi connectivity index (χ4n) is 1.34. The Balaban J connectivity index is 3.06. The molecule has 15 heavy (non-hydrogen) atoms. The third-order valence-corrected chi connectivity index (χ3v) is 1.96. The number of rotatable bonds is 4. The standard InChI is InChI=1S/C11H11FO3/c1-7(12)6-8-4-2-3-5-9(8)10(13)11(14)15/h2-5,7H,6H2,1H3,(H,14,15). The van der Waals surface area contributed by atoms with Gasteiger partial charge in [0.25, 0.3) is 5.78 Å². The molecular formula is C11H11FO3. The number of carbonyl (C=O) groups excluding carboxylic acids is 1. The van der Waals surface area contributed by atoms with Crippen molar-refractivity contribution in [2.75, 3.05) is 0 Å². The van der Waals surface area contributed by atoms with Crippen LogP contribution in [0.1, 0.15) is 22.8 Å². The van der Waals surface area contributed by atoms with Crippen LogP contribution in [0.3, 0.4) is 0 Å². The summed E-state index contributed by atoms with van der Waals surface area (Å²) in [6.07, 6.45) is -1.05. The zero-order valence-corrected chi connectivity index (χ0v) is 8.24. The van der Waals surface area contributed by atoms with Crippen molar-refractivity contribution < 1.29 is 19.1 Å². The van der Waals surface area contributed by atoms with Crippen LogP contribution in [-0.2, 0) is 11.2 Å². The summed E-state index contributed by atoms with van der Waals surface area (Å²) < 4.78 is 12.8. The van der Waals surface area contributed by atoms with Crippen molar-refractivity contribution in [1.29, 1.82) is 0 Å². The van der Waals surface area contributed by atoms with Gasteiger partial charge in [-0.3, -0.25) is 4.79 Å². The van der Waals surface area contributed by atoms with Crippen LogP contribution in [0, 0.1) is 0 Å². The molecule has 80 valence electrons. The van der Waals surface area contributed by atoms with E-state index >= 15 is 0 Å². The maximum atomic E-state index is 12.8. The summed E-state index contributed by atoms with van der Waals surface area (Å²) in [5.74, 6) is -2.51. The van der Waals surface area contributed by atoms with E-state index in [1.807, 2.05) is 0 Å². The van der Waals surface area contributed by atoms with E-state index in [0.717, 1.165) is 0 Å². The molecule has 1 rings (SSSR count). The molecule has 0 heterocycles. The summed E-state index contributed by atoms with van der Waals surface area (Å²) in [5, 5.41) is 8.55. The first-order valence-corrected chi connectivity index (χ1v) is 4.52. The summed E-state index contributed by atoms with van der Waals surface area (Å²) in [7, 11) is 0. The first-order chi connectivity index (χ1) is 7.02. The summed E-state index contributed by atoms with van der Waals surface area (Å²) in [4.78, 5) is 21.7. The third kappa shape index (κ3) is 2.87. The molecule has 0 aromatic heterocycles. The van der Waals surface area contributed by atoms with Crippen LogP contribution in [0.5, 0.6) is 0 Å². The van der Waals surface area contributed by atoms with E-state index in [1.165, 1.54) is 13.0 Å². The number of Topliss-reactive ketones (excluding diaryl/α,β-unsaturated/α-hetero) is 1. The van der Waals surface area contributed by atoms with Gasteiger partial charge in [-0.05, 0) is 12.5 Å². The smallest absolute Gasteiger partial charge is 0.377 e. The Morgan fingerprint density at radius 1 is 1.40 bits per heavy atom. The molecule has 3 nitrogen and oxygen atoms in total. The number of hydrogen-bond donors (Lipinski definition) is 1. The third-order valence-electron chi connectivity index (χ3n) is 1.96. The Bertz CT molecular complexity index is 385. The van der Waals surface area contributed by atoms with Gasteiger partial charge in [-0.15, -0.1) is 0 Å². The second-order valence-electron chi connectivity index (χ2n) is 3.28. The summed E-state index contributed by atoms with van der Waals surface area (Å²) in [6.45, 7) is 1.36. The van der Waals surface area contributed by atoms with Crippen molar-refractivity contribution in [3.05, 3.63) is 35.4 Å². The quantitative estimate of drug-likeness (QED) is 0.609. The van der Waals surface area contributed by atoms with Gasteiger partial charge < -0.3 is 5.11 Å². The maximum absolute atomic E-state index is 12.8. The average Bonchev–Trinajstić information content (AvgIpc) is 2.16. The normalized spacial score (nSPS) is 12.1. The highest BCUT2D eigenvalue weighted by Gasteiger charge is 2.18. The van der Waals surface area contributed by atoms with Crippen LogP contribution < -0.4 is 0 Å². The number of halogens is 1. The molecule has 0 amide bonds. The number of ketones is 1. The van der Waals surface area contributed by atoms with E-state index in [9.17, 15) is 14.0 Å². The highest BCUT2D eigenvalue weighted by molar-refractivity contribution is 6.40.